The third-order valence-electron chi connectivity index (χ3n) is 3.22. The predicted octanol–water partition coefficient (Wildman–Crippen LogP) is 4.55. The molecule has 0 saturated heterocycles. The van der Waals surface area contributed by atoms with Gasteiger partial charge in [0.15, 0.2) is 0 Å². The number of halogens is 3. The summed E-state index contributed by atoms with van der Waals surface area (Å²) in [6, 6.07) is 4.69. The summed E-state index contributed by atoms with van der Waals surface area (Å²) in [7, 11) is 0. The minimum Gasteiger partial charge on any atom is -0.406 e. The molecule has 1 aromatic carbocycles. The van der Waals surface area contributed by atoms with E-state index in [-0.39, 0.29) is 17.2 Å². The van der Waals surface area contributed by atoms with Gasteiger partial charge < -0.3 is 10.5 Å². The molecule has 2 nitrogen and oxygen atoms in total. The Balaban J connectivity index is 2.99. The van der Waals surface area contributed by atoms with Crippen LogP contribution in [0.1, 0.15) is 51.7 Å². The zero-order valence-electron chi connectivity index (χ0n) is 13.1. The second kappa shape index (κ2) is 6.69. The number of ether oxygens (including phenoxy) is 1. The normalized spacial score (nSPS) is 14.1. The Morgan fingerprint density at radius 2 is 1.81 bits per heavy atom. The van der Waals surface area contributed by atoms with Crippen molar-refractivity contribution in [3.63, 3.8) is 0 Å². The van der Waals surface area contributed by atoms with E-state index in [1.54, 1.807) is 6.07 Å². The quantitative estimate of drug-likeness (QED) is 0.866. The minimum absolute atomic E-state index is 0.0951. The Morgan fingerprint density at radius 1 is 1.19 bits per heavy atom. The number of rotatable bonds is 5. The van der Waals surface area contributed by atoms with Gasteiger partial charge in [-0.05, 0) is 54.9 Å². The van der Waals surface area contributed by atoms with Gasteiger partial charge >= 0.3 is 6.36 Å². The molecule has 0 amide bonds. The molecule has 0 aliphatic rings. The van der Waals surface area contributed by atoms with Gasteiger partial charge in [-0.25, -0.2) is 0 Å². The van der Waals surface area contributed by atoms with Gasteiger partial charge in [0.25, 0.3) is 0 Å². The van der Waals surface area contributed by atoms with Crippen molar-refractivity contribution in [1.29, 1.82) is 0 Å². The first-order chi connectivity index (χ1) is 9.49. The second-order valence-electron chi connectivity index (χ2n) is 6.49. The highest BCUT2D eigenvalue weighted by molar-refractivity contribution is 5.39. The highest BCUT2D eigenvalue weighted by Gasteiger charge is 2.31. The Kier molecular flexibility index (Phi) is 5.68. The molecule has 1 rings (SSSR count). The van der Waals surface area contributed by atoms with Crippen LogP contribution in [-0.4, -0.2) is 12.4 Å². The standard InChI is InChI=1S/C16H24F3NO/c1-11(20)6-5-7-12-10-13(21-16(17,18)19)8-9-14(12)15(2,3)4/h8-11H,5-7,20H2,1-4H3. The van der Waals surface area contributed by atoms with Crippen LogP contribution in [0.25, 0.3) is 0 Å². The molecule has 1 unspecified atom stereocenters. The van der Waals surface area contributed by atoms with Gasteiger partial charge in [0, 0.05) is 6.04 Å². The lowest BCUT2D eigenvalue weighted by Crippen LogP contribution is -2.19. The number of benzene rings is 1. The lowest BCUT2D eigenvalue weighted by molar-refractivity contribution is -0.274. The molecule has 0 heterocycles. The molecule has 21 heavy (non-hydrogen) atoms. The van der Waals surface area contributed by atoms with E-state index in [0.717, 1.165) is 24.0 Å². The lowest BCUT2D eigenvalue weighted by atomic mass is 9.82. The van der Waals surface area contributed by atoms with E-state index in [0.29, 0.717) is 6.42 Å². The van der Waals surface area contributed by atoms with Crippen LogP contribution in [0, 0.1) is 0 Å². The van der Waals surface area contributed by atoms with Gasteiger partial charge in [-0.1, -0.05) is 26.8 Å². The molecule has 0 spiro atoms. The topological polar surface area (TPSA) is 35.2 Å². The first-order valence-electron chi connectivity index (χ1n) is 7.14. The highest BCUT2D eigenvalue weighted by Crippen LogP contribution is 2.32. The summed E-state index contributed by atoms with van der Waals surface area (Å²) < 4.78 is 41.0. The largest absolute Gasteiger partial charge is 0.573 e. The van der Waals surface area contributed by atoms with E-state index < -0.39 is 6.36 Å². The zero-order valence-corrected chi connectivity index (χ0v) is 13.1. The predicted molar refractivity (Wildman–Crippen MR) is 78.4 cm³/mol. The number of aryl methyl sites for hydroxylation is 1. The Bertz CT molecular complexity index is 462. The maximum absolute atomic E-state index is 12.3. The molecule has 1 atom stereocenters. The maximum Gasteiger partial charge on any atom is 0.573 e. The third kappa shape index (κ3) is 6.38. The molecule has 1 aromatic rings. The van der Waals surface area contributed by atoms with Crippen molar-refractivity contribution in [3.05, 3.63) is 29.3 Å². The van der Waals surface area contributed by atoms with Gasteiger partial charge in [-0.15, -0.1) is 13.2 Å². The fourth-order valence-electron chi connectivity index (χ4n) is 2.32. The van der Waals surface area contributed by atoms with Crippen LogP contribution in [0.4, 0.5) is 13.2 Å². The third-order valence-corrected chi connectivity index (χ3v) is 3.22. The number of nitrogens with two attached hydrogens (primary N) is 1. The van der Waals surface area contributed by atoms with E-state index in [4.69, 9.17) is 5.73 Å². The maximum atomic E-state index is 12.3. The lowest BCUT2D eigenvalue weighted by Gasteiger charge is -2.24. The Hall–Kier alpha value is -1.23. The number of hydrogen-bond donors (Lipinski definition) is 1. The van der Waals surface area contributed by atoms with E-state index >= 15 is 0 Å². The molecule has 0 aromatic heterocycles. The summed E-state index contributed by atoms with van der Waals surface area (Å²) in [5.74, 6) is -0.161. The molecular formula is C16H24F3NO. The highest BCUT2D eigenvalue weighted by atomic mass is 19.4. The molecule has 0 aliphatic carbocycles. The van der Waals surface area contributed by atoms with Crippen LogP contribution in [-0.2, 0) is 11.8 Å². The van der Waals surface area contributed by atoms with E-state index in [9.17, 15) is 13.2 Å². The molecule has 120 valence electrons. The van der Waals surface area contributed by atoms with Crippen molar-refractivity contribution in [1.82, 2.24) is 0 Å². The summed E-state index contributed by atoms with van der Waals surface area (Å²) in [6.07, 6.45) is -2.28. The van der Waals surface area contributed by atoms with Gasteiger partial charge in [0.2, 0.25) is 0 Å². The van der Waals surface area contributed by atoms with Gasteiger partial charge in [-0.2, -0.15) is 0 Å². The van der Waals surface area contributed by atoms with E-state index in [2.05, 4.69) is 4.74 Å². The molecule has 0 aliphatic heterocycles. The van der Waals surface area contributed by atoms with Crippen molar-refractivity contribution >= 4 is 0 Å². The zero-order chi connectivity index (χ0) is 16.3. The molecule has 5 heteroatoms. The average Bonchev–Trinajstić information content (AvgIpc) is 2.24. The number of hydrogen-bond acceptors (Lipinski definition) is 2. The second-order valence-corrected chi connectivity index (χ2v) is 6.49. The smallest absolute Gasteiger partial charge is 0.406 e. The van der Waals surface area contributed by atoms with Gasteiger partial charge in [0.1, 0.15) is 5.75 Å². The average molecular weight is 303 g/mol. The van der Waals surface area contributed by atoms with Crippen LogP contribution in [0.15, 0.2) is 18.2 Å². The monoisotopic (exact) mass is 303 g/mol. The summed E-state index contributed by atoms with van der Waals surface area (Å²) >= 11 is 0. The van der Waals surface area contributed by atoms with Crippen LogP contribution < -0.4 is 10.5 Å². The van der Waals surface area contributed by atoms with Gasteiger partial charge in [0.05, 0.1) is 0 Å². The summed E-state index contributed by atoms with van der Waals surface area (Å²) in [5, 5.41) is 0. The van der Waals surface area contributed by atoms with Crippen LogP contribution >= 0.6 is 0 Å². The molecule has 0 saturated carbocycles. The SMILES string of the molecule is CC(N)CCCc1cc(OC(F)(F)F)ccc1C(C)(C)C. The first-order valence-corrected chi connectivity index (χ1v) is 7.14. The van der Waals surface area contributed by atoms with Crippen molar-refractivity contribution in [2.24, 2.45) is 5.73 Å². The fraction of sp³-hybridized carbons (Fsp3) is 0.625. The van der Waals surface area contributed by atoms with Crippen molar-refractivity contribution < 1.29 is 17.9 Å². The van der Waals surface area contributed by atoms with Crippen molar-refractivity contribution in [3.8, 4) is 5.75 Å². The van der Waals surface area contributed by atoms with Crippen LogP contribution in [0.3, 0.4) is 0 Å². The summed E-state index contributed by atoms with van der Waals surface area (Å²) in [5.41, 5.74) is 7.53. The molecular weight excluding hydrogens is 279 g/mol. The molecule has 2 N–H and O–H groups in total. The summed E-state index contributed by atoms with van der Waals surface area (Å²) in [4.78, 5) is 0. The summed E-state index contributed by atoms with van der Waals surface area (Å²) in [6.45, 7) is 8.05. The van der Waals surface area contributed by atoms with E-state index in [1.807, 2.05) is 27.7 Å². The Morgan fingerprint density at radius 3 is 2.29 bits per heavy atom. The molecule has 0 radical (unpaired) electrons. The van der Waals surface area contributed by atoms with Crippen molar-refractivity contribution in [2.75, 3.05) is 0 Å². The van der Waals surface area contributed by atoms with Crippen LogP contribution in [0.2, 0.25) is 0 Å². The minimum atomic E-state index is -4.66. The Labute approximate surface area is 124 Å². The van der Waals surface area contributed by atoms with Crippen LogP contribution in [0.5, 0.6) is 5.75 Å². The first kappa shape index (κ1) is 17.8. The molecule has 0 bridgehead atoms. The fourth-order valence-corrected chi connectivity index (χ4v) is 2.32. The molecule has 0 fully saturated rings. The number of alkyl halides is 3. The van der Waals surface area contributed by atoms with Gasteiger partial charge in [-0.3, -0.25) is 0 Å². The van der Waals surface area contributed by atoms with E-state index in [1.165, 1.54) is 12.1 Å². The van der Waals surface area contributed by atoms with Crippen molar-refractivity contribution in [2.45, 2.75) is 64.8 Å².